The molecule has 1 amide bonds. The monoisotopic (exact) mass is 414 g/mol. The van der Waals surface area contributed by atoms with Gasteiger partial charge in [-0.15, -0.1) is 5.10 Å². The summed E-state index contributed by atoms with van der Waals surface area (Å²) < 4.78 is 5.42. The number of nitrogens with zero attached hydrogens (tertiary/aromatic N) is 3. The molecule has 2 aromatic rings. The van der Waals surface area contributed by atoms with E-state index in [1.807, 2.05) is 19.9 Å². The zero-order chi connectivity index (χ0) is 20.8. The number of fused-ring (bicyclic) bond motifs is 1. The number of esters is 1. The molecule has 152 valence electrons. The van der Waals surface area contributed by atoms with E-state index in [0.29, 0.717) is 28.5 Å². The van der Waals surface area contributed by atoms with Crippen LogP contribution in [0.25, 0.3) is 0 Å². The number of benzene rings is 2. The molecule has 0 bridgehead atoms. The lowest BCUT2D eigenvalue weighted by molar-refractivity contribution is -0.136. The number of likely N-dealkylation sites (N-methyl/N-ethyl adjacent to an activating group) is 1. The Kier molecular flexibility index (Phi) is 6.85. The molecule has 0 fully saturated rings. The Bertz CT molecular complexity index is 913. The maximum atomic E-state index is 13.3. The van der Waals surface area contributed by atoms with Crippen molar-refractivity contribution in [1.82, 2.24) is 4.90 Å². The molecule has 0 aliphatic carbocycles. The van der Waals surface area contributed by atoms with E-state index in [1.165, 1.54) is 4.90 Å². The summed E-state index contributed by atoms with van der Waals surface area (Å²) in [7, 11) is 0. The lowest BCUT2D eigenvalue weighted by Crippen LogP contribution is -2.42. The van der Waals surface area contributed by atoms with Gasteiger partial charge in [-0.25, -0.2) is 4.79 Å². The van der Waals surface area contributed by atoms with Crippen LogP contribution in [0.5, 0.6) is 0 Å². The molecule has 1 heterocycles. The smallest absolute Gasteiger partial charge is 0.376 e. The van der Waals surface area contributed by atoms with E-state index in [4.69, 9.17) is 16.3 Å². The Labute approximate surface area is 174 Å². The van der Waals surface area contributed by atoms with Crippen LogP contribution in [0.15, 0.2) is 53.6 Å². The number of rotatable bonds is 7. The standard InChI is InChI=1S/C21H23ClN4O3/c1-3-25(4-2)12-13-29-21(28)19-24-23-18-11-10-15(22)14-17(18)20(27)26(19)16-8-6-5-7-9-16/h5-11,14,23H,3-4,12-13H2,1-2H3. The first-order valence-corrected chi connectivity index (χ1v) is 9.85. The van der Waals surface area contributed by atoms with Gasteiger partial charge in [-0.05, 0) is 43.4 Å². The number of hydrogen-bond donors (Lipinski definition) is 1. The highest BCUT2D eigenvalue weighted by molar-refractivity contribution is 6.48. The lowest BCUT2D eigenvalue weighted by Gasteiger charge is -2.22. The lowest BCUT2D eigenvalue weighted by atomic mass is 10.1. The van der Waals surface area contributed by atoms with Crippen LogP contribution in [-0.4, -0.2) is 48.9 Å². The number of amides is 1. The van der Waals surface area contributed by atoms with E-state index >= 15 is 0 Å². The van der Waals surface area contributed by atoms with Gasteiger partial charge in [0.05, 0.1) is 16.9 Å². The van der Waals surface area contributed by atoms with Crippen molar-refractivity contribution in [1.29, 1.82) is 0 Å². The van der Waals surface area contributed by atoms with Crippen LogP contribution >= 0.6 is 11.6 Å². The number of para-hydroxylation sites is 1. The number of carbonyl (C=O) groups is 2. The highest BCUT2D eigenvalue weighted by atomic mass is 35.5. The van der Waals surface area contributed by atoms with Crippen molar-refractivity contribution in [3.8, 4) is 0 Å². The molecule has 0 radical (unpaired) electrons. The molecule has 0 saturated carbocycles. The summed E-state index contributed by atoms with van der Waals surface area (Å²) >= 11 is 6.08. The van der Waals surface area contributed by atoms with Crippen molar-refractivity contribution in [2.75, 3.05) is 36.6 Å². The van der Waals surface area contributed by atoms with E-state index in [9.17, 15) is 9.59 Å². The number of nitrogens with one attached hydrogen (secondary N) is 1. The predicted molar refractivity (Wildman–Crippen MR) is 115 cm³/mol. The van der Waals surface area contributed by atoms with E-state index in [2.05, 4.69) is 15.4 Å². The van der Waals surface area contributed by atoms with Gasteiger partial charge in [-0.1, -0.05) is 43.6 Å². The summed E-state index contributed by atoms with van der Waals surface area (Å²) in [6.45, 7) is 6.62. The minimum atomic E-state index is -0.680. The summed E-state index contributed by atoms with van der Waals surface area (Å²) in [5.41, 5.74) is 4.08. The quantitative estimate of drug-likeness (QED) is 0.700. The summed E-state index contributed by atoms with van der Waals surface area (Å²) in [6, 6.07) is 13.7. The SMILES string of the molecule is CCN(CC)CCOC(=O)C1=NNc2ccc(Cl)cc2C(=O)N1c1ccccc1. The number of halogens is 1. The molecule has 1 aliphatic heterocycles. The van der Waals surface area contributed by atoms with Gasteiger partial charge in [0.2, 0.25) is 5.84 Å². The predicted octanol–water partition coefficient (Wildman–Crippen LogP) is 3.61. The highest BCUT2D eigenvalue weighted by Gasteiger charge is 2.33. The van der Waals surface area contributed by atoms with Gasteiger partial charge in [-0.3, -0.25) is 15.1 Å². The molecule has 3 rings (SSSR count). The Balaban J connectivity index is 1.91. The molecule has 7 nitrogen and oxygen atoms in total. The third kappa shape index (κ3) is 4.75. The molecule has 2 aromatic carbocycles. The minimum Gasteiger partial charge on any atom is -0.458 e. The van der Waals surface area contributed by atoms with E-state index < -0.39 is 11.9 Å². The largest absolute Gasteiger partial charge is 0.458 e. The van der Waals surface area contributed by atoms with Crippen LogP contribution in [0.2, 0.25) is 5.02 Å². The topological polar surface area (TPSA) is 74.2 Å². The second-order valence-electron chi connectivity index (χ2n) is 6.38. The van der Waals surface area contributed by atoms with Crippen molar-refractivity contribution < 1.29 is 14.3 Å². The van der Waals surface area contributed by atoms with Gasteiger partial charge >= 0.3 is 5.97 Å². The fourth-order valence-corrected chi connectivity index (χ4v) is 3.17. The number of amidine groups is 1. The third-order valence-corrected chi connectivity index (χ3v) is 4.88. The Hall–Kier alpha value is -2.90. The van der Waals surface area contributed by atoms with Crippen molar-refractivity contribution in [2.45, 2.75) is 13.8 Å². The van der Waals surface area contributed by atoms with Crippen molar-refractivity contribution in [3.05, 3.63) is 59.1 Å². The number of ether oxygens (including phenoxy) is 1. The summed E-state index contributed by atoms with van der Waals surface area (Å²) in [5, 5.41) is 4.59. The van der Waals surface area contributed by atoms with Gasteiger partial charge < -0.3 is 9.64 Å². The summed E-state index contributed by atoms with van der Waals surface area (Å²) in [6.07, 6.45) is 0. The number of anilines is 2. The normalized spacial score (nSPS) is 13.4. The maximum Gasteiger partial charge on any atom is 0.376 e. The number of hydrogen-bond acceptors (Lipinski definition) is 6. The van der Waals surface area contributed by atoms with Crippen LogP contribution in [0, 0.1) is 0 Å². The number of carbonyl (C=O) groups excluding carboxylic acids is 2. The molecule has 1 aliphatic rings. The maximum absolute atomic E-state index is 13.3. The van der Waals surface area contributed by atoms with Crippen molar-refractivity contribution in [3.63, 3.8) is 0 Å². The van der Waals surface area contributed by atoms with E-state index in [1.54, 1.807) is 42.5 Å². The van der Waals surface area contributed by atoms with Crippen LogP contribution in [0.4, 0.5) is 11.4 Å². The minimum absolute atomic E-state index is 0.131. The summed E-state index contributed by atoms with van der Waals surface area (Å²) in [5.74, 6) is -1.23. The summed E-state index contributed by atoms with van der Waals surface area (Å²) in [4.78, 5) is 29.5. The second-order valence-corrected chi connectivity index (χ2v) is 6.81. The van der Waals surface area contributed by atoms with Gasteiger partial charge in [0, 0.05) is 11.6 Å². The molecule has 0 atom stereocenters. The Morgan fingerprint density at radius 2 is 1.90 bits per heavy atom. The molecule has 29 heavy (non-hydrogen) atoms. The average molecular weight is 415 g/mol. The highest BCUT2D eigenvalue weighted by Crippen LogP contribution is 2.28. The van der Waals surface area contributed by atoms with Gasteiger partial charge in [0.25, 0.3) is 5.91 Å². The fraction of sp³-hybridized carbons (Fsp3) is 0.286. The van der Waals surface area contributed by atoms with E-state index in [0.717, 1.165) is 13.1 Å². The average Bonchev–Trinajstić information content (AvgIpc) is 2.88. The van der Waals surface area contributed by atoms with Crippen molar-refractivity contribution in [2.24, 2.45) is 5.10 Å². The van der Waals surface area contributed by atoms with Crippen LogP contribution in [0.3, 0.4) is 0 Å². The van der Waals surface area contributed by atoms with Gasteiger partial charge in [0.15, 0.2) is 0 Å². The third-order valence-electron chi connectivity index (χ3n) is 4.64. The van der Waals surface area contributed by atoms with Gasteiger partial charge in [0.1, 0.15) is 6.61 Å². The first kappa shape index (κ1) is 20.8. The number of hydrazone groups is 1. The molecule has 1 N–H and O–H groups in total. The van der Waals surface area contributed by atoms with Crippen molar-refractivity contribution >= 4 is 40.7 Å². The van der Waals surface area contributed by atoms with Crippen LogP contribution < -0.4 is 10.3 Å². The first-order valence-electron chi connectivity index (χ1n) is 9.47. The molecule has 0 spiro atoms. The molecule has 8 heteroatoms. The zero-order valence-electron chi connectivity index (χ0n) is 16.4. The first-order chi connectivity index (χ1) is 14.0. The van der Waals surface area contributed by atoms with E-state index in [-0.39, 0.29) is 12.4 Å². The molecule has 0 saturated heterocycles. The Morgan fingerprint density at radius 3 is 2.59 bits per heavy atom. The molecule has 0 aromatic heterocycles. The molecule has 0 unspecified atom stereocenters. The van der Waals surface area contributed by atoms with Crippen LogP contribution in [0.1, 0.15) is 24.2 Å². The van der Waals surface area contributed by atoms with Gasteiger partial charge in [-0.2, -0.15) is 0 Å². The fourth-order valence-electron chi connectivity index (χ4n) is 3.00. The molecular formula is C21H23ClN4O3. The second kappa shape index (κ2) is 9.54. The Morgan fingerprint density at radius 1 is 1.17 bits per heavy atom. The molecular weight excluding hydrogens is 392 g/mol. The van der Waals surface area contributed by atoms with Crippen LogP contribution in [-0.2, 0) is 9.53 Å². The zero-order valence-corrected chi connectivity index (χ0v) is 17.1.